The van der Waals surface area contributed by atoms with Crippen LogP contribution in [0.25, 0.3) is 0 Å². The van der Waals surface area contributed by atoms with E-state index >= 15 is 0 Å². The average molecular weight is 484 g/mol. The summed E-state index contributed by atoms with van der Waals surface area (Å²) < 4.78 is 5.98. The van der Waals surface area contributed by atoms with E-state index in [1.165, 1.54) is 11.3 Å². The minimum absolute atomic E-state index is 0.358. The molecule has 0 spiro atoms. The van der Waals surface area contributed by atoms with Gasteiger partial charge in [-0.15, -0.1) is 0 Å². The molecule has 6 heteroatoms. The molecule has 0 bridgehead atoms. The van der Waals surface area contributed by atoms with E-state index in [0.29, 0.717) is 18.6 Å². The molecule has 2 N–H and O–H groups in total. The van der Waals surface area contributed by atoms with Crippen LogP contribution in [-0.2, 0) is 11.4 Å². The number of carbonyl (C=O) groups excluding carboxylic acids is 1. The van der Waals surface area contributed by atoms with Crippen LogP contribution >= 0.6 is 11.6 Å². The molecule has 3 unspecified atom stereocenters. The van der Waals surface area contributed by atoms with Gasteiger partial charge in [0.25, 0.3) is 0 Å². The van der Waals surface area contributed by atoms with Crippen molar-refractivity contribution in [2.24, 2.45) is 11.7 Å². The lowest BCUT2D eigenvalue weighted by Gasteiger charge is -2.31. The molecule has 3 atom stereocenters. The highest BCUT2D eigenvalue weighted by molar-refractivity contribution is 6.30. The molecule has 0 aliphatic carbocycles. The van der Waals surface area contributed by atoms with Crippen LogP contribution in [0.1, 0.15) is 39.2 Å². The third-order valence-electron chi connectivity index (χ3n) is 6.29. The molecule has 2 aromatic carbocycles. The Kier molecular flexibility index (Phi) is 10.00. The van der Waals surface area contributed by atoms with E-state index in [9.17, 15) is 4.79 Å². The van der Waals surface area contributed by atoms with Gasteiger partial charge in [0.2, 0.25) is 0 Å². The number of hydrogen-bond donors (Lipinski definition) is 1. The van der Waals surface area contributed by atoms with Gasteiger partial charge in [0, 0.05) is 42.9 Å². The first-order valence-electron chi connectivity index (χ1n) is 12.1. The molecular formula is C28H38ClN3O2. The zero-order valence-corrected chi connectivity index (χ0v) is 21.4. The lowest BCUT2D eigenvalue weighted by Crippen LogP contribution is -2.39. The topological polar surface area (TPSA) is 58.8 Å². The van der Waals surface area contributed by atoms with Gasteiger partial charge in [-0.25, -0.2) is 0 Å². The molecule has 0 aromatic heterocycles. The van der Waals surface area contributed by atoms with Crippen LogP contribution in [0.3, 0.4) is 0 Å². The summed E-state index contributed by atoms with van der Waals surface area (Å²) in [4.78, 5) is 15.9. The predicted octanol–water partition coefficient (Wildman–Crippen LogP) is 5.32. The van der Waals surface area contributed by atoms with Gasteiger partial charge in [0.15, 0.2) is 0 Å². The Labute approximate surface area is 209 Å². The van der Waals surface area contributed by atoms with Crippen LogP contribution in [-0.4, -0.2) is 49.4 Å². The number of anilines is 1. The fraction of sp³-hybridized carbons (Fsp3) is 0.464. The van der Waals surface area contributed by atoms with Gasteiger partial charge in [-0.2, -0.15) is 0 Å². The quantitative estimate of drug-likeness (QED) is 0.327. The van der Waals surface area contributed by atoms with Crippen LogP contribution in [0, 0.1) is 5.92 Å². The van der Waals surface area contributed by atoms with Gasteiger partial charge >= 0.3 is 0 Å². The van der Waals surface area contributed by atoms with Crippen molar-refractivity contribution >= 4 is 23.6 Å². The van der Waals surface area contributed by atoms with E-state index in [4.69, 9.17) is 22.1 Å². The Morgan fingerprint density at radius 2 is 1.91 bits per heavy atom. The molecule has 1 heterocycles. The van der Waals surface area contributed by atoms with Crippen LogP contribution < -0.4 is 15.4 Å². The van der Waals surface area contributed by atoms with Crippen molar-refractivity contribution in [1.29, 1.82) is 0 Å². The number of allylic oxidation sites excluding steroid dienone is 1. The van der Waals surface area contributed by atoms with Gasteiger partial charge in [0.1, 0.15) is 18.6 Å². The van der Waals surface area contributed by atoms with Gasteiger partial charge in [-0.1, -0.05) is 42.3 Å². The summed E-state index contributed by atoms with van der Waals surface area (Å²) in [6.07, 6.45) is 5.01. The molecular weight excluding hydrogens is 446 g/mol. The zero-order chi connectivity index (χ0) is 24.5. The Bertz CT molecular complexity index is 926. The Morgan fingerprint density at radius 1 is 1.21 bits per heavy atom. The second kappa shape index (κ2) is 12.9. The maximum absolute atomic E-state index is 10.9. The highest BCUT2D eigenvalue weighted by Crippen LogP contribution is 2.27. The first-order valence-corrected chi connectivity index (χ1v) is 12.5. The Morgan fingerprint density at radius 3 is 2.56 bits per heavy atom. The molecule has 2 aromatic rings. The fourth-order valence-electron chi connectivity index (χ4n) is 4.50. The maximum atomic E-state index is 10.9. The summed E-state index contributed by atoms with van der Waals surface area (Å²) in [5.41, 5.74) is 9.44. The van der Waals surface area contributed by atoms with Crippen molar-refractivity contribution in [3.05, 3.63) is 70.8 Å². The number of likely N-dealkylation sites (tertiary alicyclic amines) is 1. The number of carbonyl (C=O) groups is 1. The smallest absolute Gasteiger partial charge is 0.136 e. The van der Waals surface area contributed by atoms with Crippen LogP contribution in [0.2, 0.25) is 5.02 Å². The first kappa shape index (κ1) is 26.3. The van der Waals surface area contributed by atoms with Crippen molar-refractivity contribution < 1.29 is 9.53 Å². The second-order valence-corrected chi connectivity index (χ2v) is 10.1. The van der Waals surface area contributed by atoms with Crippen molar-refractivity contribution in [2.45, 2.75) is 52.3 Å². The predicted molar refractivity (Wildman–Crippen MR) is 142 cm³/mol. The number of halogens is 1. The highest BCUT2D eigenvalue weighted by Gasteiger charge is 2.28. The van der Waals surface area contributed by atoms with Crippen LogP contribution in [0.15, 0.2) is 60.2 Å². The summed E-state index contributed by atoms with van der Waals surface area (Å²) in [5.74, 6) is 1.26. The molecule has 184 valence electrons. The number of hydrogen-bond acceptors (Lipinski definition) is 5. The van der Waals surface area contributed by atoms with E-state index in [1.807, 2.05) is 24.3 Å². The minimum atomic E-state index is -0.358. The molecule has 1 fully saturated rings. The second-order valence-electron chi connectivity index (χ2n) is 9.69. The molecule has 0 radical (unpaired) electrons. The van der Waals surface area contributed by atoms with E-state index in [-0.39, 0.29) is 6.04 Å². The molecule has 1 saturated heterocycles. The molecule has 1 aliphatic heterocycles. The number of benzene rings is 2. The Balaban J connectivity index is 1.62. The molecule has 0 amide bonds. The average Bonchev–Trinajstić information content (AvgIpc) is 3.27. The Hall–Kier alpha value is -2.34. The number of aldehydes is 1. The molecule has 34 heavy (non-hydrogen) atoms. The summed E-state index contributed by atoms with van der Waals surface area (Å²) in [5, 5.41) is 0.731. The monoisotopic (exact) mass is 483 g/mol. The summed E-state index contributed by atoms with van der Waals surface area (Å²) >= 11 is 5.96. The van der Waals surface area contributed by atoms with Crippen molar-refractivity contribution in [3.63, 3.8) is 0 Å². The summed E-state index contributed by atoms with van der Waals surface area (Å²) in [7, 11) is 0. The van der Waals surface area contributed by atoms with Gasteiger partial charge < -0.3 is 25.1 Å². The fourth-order valence-corrected chi connectivity index (χ4v) is 4.62. The number of rotatable bonds is 12. The highest BCUT2D eigenvalue weighted by atomic mass is 35.5. The van der Waals surface area contributed by atoms with Gasteiger partial charge in [-0.05, 0) is 74.6 Å². The lowest BCUT2D eigenvalue weighted by molar-refractivity contribution is -0.109. The van der Waals surface area contributed by atoms with E-state index in [1.54, 1.807) is 0 Å². The van der Waals surface area contributed by atoms with E-state index in [2.05, 4.69) is 60.9 Å². The number of ether oxygens (including phenoxy) is 1. The zero-order valence-electron chi connectivity index (χ0n) is 20.6. The molecule has 1 aliphatic rings. The first-order chi connectivity index (χ1) is 16.3. The number of nitrogens with two attached hydrogens (primary N) is 1. The van der Waals surface area contributed by atoms with Crippen molar-refractivity contribution in [2.75, 3.05) is 31.1 Å². The van der Waals surface area contributed by atoms with Crippen molar-refractivity contribution in [3.8, 4) is 5.75 Å². The lowest BCUT2D eigenvalue weighted by atomic mass is 10.0. The number of nitrogens with zero attached hydrogens (tertiary/aromatic N) is 2. The van der Waals surface area contributed by atoms with Gasteiger partial charge in [-0.3, -0.25) is 0 Å². The minimum Gasteiger partial charge on any atom is -0.489 e. The third kappa shape index (κ3) is 8.15. The summed E-state index contributed by atoms with van der Waals surface area (Å²) in [6.45, 7) is 10.9. The maximum Gasteiger partial charge on any atom is 0.136 e. The van der Waals surface area contributed by atoms with Gasteiger partial charge in [0.05, 0.1) is 6.04 Å². The molecule has 5 nitrogen and oxygen atoms in total. The van der Waals surface area contributed by atoms with Crippen LogP contribution in [0.5, 0.6) is 5.75 Å². The molecule has 0 saturated carbocycles. The molecule has 3 rings (SSSR count). The summed E-state index contributed by atoms with van der Waals surface area (Å²) in [6, 6.07) is 16.2. The van der Waals surface area contributed by atoms with E-state index < -0.39 is 0 Å². The van der Waals surface area contributed by atoms with Crippen LogP contribution in [0.4, 0.5) is 5.69 Å². The van der Waals surface area contributed by atoms with Crippen molar-refractivity contribution in [1.82, 2.24) is 4.90 Å². The normalized spacial score (nSPS) is 17.7. The third-order valence-corrected chi connectivity index (χ3v) is 6.54. The SMILES string of the molecule is CC(C)=CCN(c1ccc(OCc2ccc(Cl)cc2)cc1)C1CCN(CC(C)CC(N)C=O)C1. The van der Waals surface area contributed by atoms with E-state index in [0.717, 1.165) is 61.6 Å². The standard InChI is InChI=1S/C28H38ClN3O2/c1-21(2)12-15-32(27-13-14-31(18-27)17-22(3)16-25(30)19-33)26-8-10-28(11-9-26)34-20-23-4-6-24(29)7-5-23/h4-12,19,22,25,27H,13-18,20,30H2,1-3H3. The largest absolute Gasteiger partial charge is 0.489 e.